The molecule has 2 aromatic rings. The second-order valence-electron chi connectivity index (χ2n) is 6.64. The molecule has 1 amide bonds. The fourth-order valence-electron chi connectivity index (χ4n) is 3.86. The molecule has 1 saturated carbocycles. The van der Waals surface area contributed by atoms with E-state index in [1.54, 1.807) is 18.4 Å². The van der Waals surface area contributed by atoms with Crippen molar-refractivity contribution in [2.45, 2.75) is 32.2 Å². The predicted molar refractivity (Wildman–Crippen MR) is 90.7 cm³/mol. The SMILES string of the molecule is Cc1oc(-c2ccco2)nc1CC(=O)N1CC2CCC(N)C2C1.Cl. The van der Waals surface area contributed by atoms with E-state index in [1.165, 1.54) is 0 Å². The zero-order chi connectivity index (χ0) is 16.0. The van der Waals surface area contributed by atoms with E-state index >= 15 is 0 Å². The molecular formula is C17H22ClN3O3. The molecule has 0 spiro atoms. The smallest absolute Gasteiger partial charge is 0.263 e. The maximum Gasteiger partial charge on any atom is 0.263 e. The molecule has 1 aliphatic heterocycles. The molecule has 1 aliphatic carbocycles. The van der Waals surface area contributed by atoms with E-state index in [4.69, 9.17) is 14.6 Å². The molecule has 7 heteroatoms. The largest absolute Gasteiger partial charge is 0.459 e. The zero-order valence-corrected chi connectivity index (χ0v) is 14.4. The molecule has 2 fully saturated rings. The topological polar surface area (TPSA) is 85.5 Å². The van der Waals surface area contributed by atoms with E-state index in [0.717, 1.165) is 25.9 Å². The number of oxazole rings is 1. The van der Waals surface area contributed by atoms with Crippen LogP contribution in [0.1, 0.15) is 24.3 Å². The van der Waals surface area contributed by atoms with E-state index in [-0.39, 0.29) is 30.8 Å². The Morgan fingerprint density at radius 3 is 2.96 bits per heavy atom. The summed E-state index contributed by atoms with van der Waals surface area (Å²) in [5.74, 6) is 2.82. The van der Waals surface area contributed by atoms with E-state index in [0.29, 0.717) is 34.9 Å². The number of hydrogen-bond acceptors (Lipinski definition) is 5. The summed E-state index contributed by atoms with van der Waals surface area (Å²) in [6.45, 7) is 3.45. The first-order valence-electron chi connectivity index (χ1n) is 8.15. The minimum atomic E-state index is 0. The van der Waals surface area contributed by atoms with Crippen LogP contribution in [0, 0.1) is 18.8 Å². The first kappa shape index (κ1) is 17.0. The van der Waals surface area contributed by atoms with Gasteiger partial charge in [-0.3, -0.25) is 4.79 Å². The van der Waals surface area contributed by atoms with Gasteiger partial charge in [0.25, 0.3) is 5.89 Å². The second-order valence-corrected chi connectivity index (χ2v) is 6.64. The van der Waals surface area contributed by atoms with Crippen LogP contribution in [-0.2, 0) is 11.2 Å². The first-order chi connectivity index (χ1) is 11.1. The molecule has 1 saturated heterocycles. The number of furan rings is 1. The molecule has 2 aliphatic rings. The van der Waals surface area contributed by atoms with Gasteiger partial charge in [0, 0.05) is 19.1 Å². The molecule has 4 rings (SSSR count). The van der Waals surface area contributed by atoms with Crippen molar-refractivity contribution in [1.29, 1.82) is 0 Å². The molecular weight excluding hydrogens is 330 g/mol. The average molecular weight is 352 g/mol. The lowest BCUT2D eigenvalue weighted by Crippen LogP contribution is -2.34. The van der Waals surface area contributed by atoms with Gasteiger partial charge in [0.15, 0.2) is 5.76 Å². The van der Waals surface area contributed by atoms with Gasteiger partial charge in [0.1, 0.15) is 5.76 Å². The van der Waals surface area contributed by atoms with Crippen LogP contribution in [0.3, 0.4) is 0 Å². The fourth-order valence-corrected chi connectivity index (χ4v) is 3.86. The van der Waals surface area contributed by atoms with Crippen molar-refractivity contribution in [3.05, 3.63) is 29.9 Å². The minimum Gasteiger partial charge on any atom is -0.459 e. The van der Waals surface area contributed by atoms with Crippen molar-refractivity contribution in [2.24, 2.45) is 17.6 Å². The summed E-state index contributed by atoms with van der Waals surface area (Å²) in [7, 11) is 0. The summed E-state index contributed by atoms with van der Waals surface area (Å²) in [6.07, 6.45) is 4.07. The normalized spacial score (nSPS) is 25.6. The number of aromatic nitrogens is 1. The molecule has 2 aromatic heterocycles. The Kier molecular flexibility index (Phi) is 4.69. The van der Waals surface area contributed by atoms with Gasteiger partial charge >= 0.3 is 0 Å². The van der Waals surface area contributed by atoms with E-state index < -0.39 is 0 Å². The van der Waals surface area contributed by atoms with Crippen LogP contribution in [0.2, 0.25) is 0 Å². The first-order valence-corrected chi connectivity index (χ1v) is 8.15. The van der Waals surface area contributed by atoms with Crippen LogP contribution in [0.4, 0.5) is 0 Å². The van der Waals surface area contributed by atoms with Gasteiger partial charge in [0.2, 0.25) is 5.91 Å². The third-order valence-electron chi connectivity index (χ3n) is 5.21. The summed E-state index contributed by atoms with van der Waals surface area (Å²) in [4.78, 5) is 18.9. The van der Waals surface area contributed by atoms with Crippen LogP contribution in [0.5, 0.6) is 0 Å². The summed E-state index contributed by atoms with van der Waals surface area (Å²) in [5, 5.41) is 0. The predicted octanol–water partition coefficient (Wildman–Crippen LogP) is 2.40. The maximum absolute atomic E-state index is 12.6. The highest BCUT2D eigenvalue weighted by Crippen LogP contribution is 2.37. The van der Waals surface area contributed by atoms with Gasteiger partial charge in [-0.2, -0.15) is 0 Å². The summed E-state index contributed by atoms with van der Waals surface area (Å²) in [6, 6.07) is 3.82. The number of likely N-dealkylation sites (tertiary alicyclic amines) is 1. The highest BCUT2D eigenvalue weighted by Gasteiger charge is 2.42. The number of amides is 1. The average Bonchev–Trinajstić information content (AvgIpc) is 3.27. The summed E-state index contributed by atoms with van der Waals surface area (Å²) in [5.41, 5.74) is 6.82. The highest BCUT2D eigenvalue weighted by molar-refractivity contribution is 5.85. The van der Waals surface area contributed by atoms with Crippen molar-refractivity contribution in [3.63, 3.8) is 0 Å². The minimum absolute atomic E-state index is 0. The quantitative estimate of drug-likeness (QED) is 0.917. The number of fused-ring (bicyclic) bond motifs is 1. The lowest BCUT2D eigenvalue weighted by Gasteiger charge is -2.18. The van der Waals surface area contributed by atoms with Crippen LogP contribution in [-0.4, -0.2) is 34.9 Å². The number of aryl methyl sites for hydroxylation is 1. The van der Waals surface area contributed by atoms with Gasteiger partial charge in [-0.25, -0.2) is 4.98 Å². The van der Waals surface area contributed by atoms with Crippen molar-refractivity contribution < 1.29 is 13.6 Å². The van der Waals surface area contributed by atoms with Gasteiger partial charge in [-0.1, -0.05) is 0 Å². The molecule has 3 unspecified atom stereocenters. The molecule has 6 nitrogen and oxygen atoms in total. The van der Waals surface area contributed by atoms with Crippen LogP contribution in [0.15, 0.2) is 27.2 Å². The van der Waals surface area contributed by atoms with Gasteiger partial charge < -0.3 is 19.5 Å². The summed E-state index contributed by atoms with van der Waals surface area (Å²) < 4.78 is 10.9. The van der Waals surface area contributed by atoms with Gasteiger partial charge in [-0.15, -0.1) is 12.4 Å². The summed E-state index contributed by atoms with van der Waals surface area (Å²) >= 11 is 0. The van der Waals surface area contributed by atoms with E-state index in [9.17, 15) is 4.79 Å². The Morgan fingerprint density at radius 1 is 1.42 bits per heavy atom. The Bertz CT molecular complexity index is 713. The number of carbonyl (C=O) groups is 1. The Labute approximate surface area is 146 Å². The number of nitrogens with zero attached hydrogens (tertiary/aromatic N) is 2. The zero-order valence-electron chi connectivity index (χ0n) is 13.6. The van der Waals surface area contributed by atoms with Crippen LogP contribution in [0.25, 0.3) is 11.7 Å². The lowest BCUT2D eigenvalue weighted by molar-refractivity contribution is -0.129. The number of nitrogens with two attached hydrogens (primary N) is 1. The number of rotatable bonds is 3. The number of carbonyl (C=O) groups excluding carboxylic acids is 1. The monoisotopic (exact) mass is 351 g/mol. The van der Waals surface area contributed by atoms with E-state index in [2.05, 4.69) is 4.98 Å². The lowest BCUT2D eigenvalue weighted by atomic mass is 9.98. The molecule has 3 heterocycles. The standard InChI is InChI=1S/C17H21N3O3.ClH/c1-10-14(19-17(23-10)15-3-2-6-22-15)7-16(21)20-8-11-4-5-13(18)12(11)9-20;/h2-3,6,11-13H,4-5,7-9,18H2,1H3;1H. The Morgan fingerprint density at radius 2 is 2.25 bits per heavy atom. The third kappa shape index (κ3) is 2.96. The Hall–Kier alpha value is -1.79. The Balaban J connectivity index is 0.00000169. The fraction of sp³-hybridized carbons (Fsp3) is 0.529. The van der Waals surface area contributed by atoms with E-state index in [1.807, 2.05) is 11.8 Å². The molecule has 0 bridgehead atoms. The molecule has 2 N–H and O–H groups in total. The van der Waals surface area contributed by atoms with Crippen LogP contribution >= 0.6 is 12.4 Å². The van der Waals surface area contributed by atoms with Crippen molar-refractivity contribution in [1.82, 2.24) is 9.88 Å². The third-order valence-corrected chi connectivity index (χ3v) is 5.21. The van der Waals surface area contributed by atoms with Crippen LogP contribution < -0.4 is 5.73 Å². The van der Waals surface area contributed by atoms with Gasteiger partial charge in [-0.05, 0) is 43.7 Å². The molecule has 0 aromatic carbocycles. The van der Waals surface area contributed by atoms with Crippen molar-refractivity contribution >= 4 is 18.3 Å². The molecule has 0 radical (unpaired) electrons. The molecule has 24 heavy (non-hydrogen) atoms. The van der Waals surface area contributed by atoms with Crippen molar-refractivity contribution in [2.75, 3.05) is 13.1 Å². The second kappa shape index (κ2) is 6.61. The maximum atomic E-state index is 12.6. The van der Waals surface area contributed by atoms with Crippen molar-refractivity contribution in [3.8, 4) is 11.7 Å². The highest BCUT2D eigenvalue weighted by atomic mass is 35.5. The molecule has 130 valence electrons. The number of hydrogen-bond donors (Lipinski definition) is 1. The number of halogens is 1. The van der Waals surface area contributed by atoms with Gasteiger partial charge in [0.05, 0.1) is 18.4 Å². The molecule has 3 atom stereocenters.